The molecule has 1 aliphatic heterocycles. The molecular formula is C11H20N2O. The molecule has 2 N–H and O–H groups in total. The van der Waals surface area contributed by atoms with E-state index < -0.39 is 0 Å². The van der Waals surface area contributed by atoms with Crippen molar-refractivity contribution in [2.75, 3.05) is 13.1 Å². The first kappa shape index (κ1) is 11.1. The van der Waals surface area contributed by atoms with Gasteiger partial charge in [-0.1, -0.05) is 13.8 Å². The van der Waals surface area contributed by atoms with Crippen LogP contribution in [-0.4, -0.2) is 28.9 Å². The van der Waals surface area contributed by atoms with E-state index in [9.17, 15) is 0 Å². The molecule has 0 aromatic rings. The molecule has 1 fully saturated rings. The predicted octanol–water partition coefficient (Wildman–Crippen LogP) is 2.55. The molecule has 0 atom stereocenters. The Labute approximate surface area is 85.9 Å². The maximum Gasteiger partial charge on any atom is 0.123 e. The third kappa shape index (κ3) is 3.05. The van der Waals surface area contributed by atoms with Crippen molar-refractivity contribution in [1.82, 2.24) is 4.90 Å². The first-order valence-corrected chi connectivity index (χ1v) is 5.11. The van der Waals surface area contributed by atoms with Gasteiger partial charge in [-0.05, 0) is 25.2 Å². The van der Waals surface area contributed by atoms with Gasteiger partial charge in [0.1, 0.15) is 5.84 Å². The average Bonchev–Trinajstić information content (AvgIpc) is 2.02. The molecule has 0 radical (unpaired) electrons. The summed E-state index contributed by atoms with van der Waals surface area (Å²) in [7, 11) is 0. The largest absolute Gasteiger partial charge is 0.512 e. The van der Waals surface area contributed by atoms with Crippen LogP contribution >= 0.6 is 0 Å². The highest BCUT2D eigenvalue weighted by molar-refractivity contribution is 5.90. The van der Waals surface area contributed by atoms with Crippen molar-refractivity contribution in [1.29, 1.82) is 5.41 Å². The highest BCUT2D eigenvalue weighted by Gasteiger charge is 2.25. The van der Waals surface area contributed by atoms with Crippen LogP contribution in [0.3, 0.4) is 0 Å². The molecule has 0 aromatic heterocycles. The van der Waals surface area contributed by atoms with Crippen LogP contribution in [0, 0.1) is 10.8 Å². The third-order valence-corrected chi connectivity index (χ3v) is 2.80. The number of piperidine rings is 1. The Morgan fingerprint density at radius 1 is 1.36 bits per heavy atom. The number of aliphatic hydroxyl groups excluding tert-OH is 1. The molecule has 0 saturated carbocycles. The van der Waals surface area contributed by atoms with Crippen molar-refractivity contribution >= 4 is 5.84 Å². The van der Waals surface area contributed by atoms with Crippen LogP contribution in [-0.2, 0) is 0 Å². The van der Waals surface area contributed by atoms with Crippen LogP contribution in [0.1, 0.15) is 33.6 Å². The van der Waals surface area contributed by atoms with Crippen molar-refractivity contribution < 1.29 is 5.11 Å². The van der Waals surface area contributed by atoms with Gasteiger partial charge in [-0.2, -0.15) is 0 Å². The molecule has 0 unspecified atom stereocenters. The SMILES string of the molecule is C/C(O)=C\C(=N)N1CCC(C)(C)CC1. The maximum absolute atomic E-state index is 9.05. The maximum atomic E-state index is 9.05. The Balaban J connectivity index is 2.50. The lowest BCUT2D eigenvalue weighted by atomic mass is 9.82. The summed E-state index contributed by atoms with van der Waals surface area (Å²) in [4.78, 5) is 2.02. The van der Waals surface area contributed by atoms with Gasteiger partial charge in [-0.3, -0.25) is 5.41 Å². The topological polar surface area (TPSA) is 47.3 Å². The second-order valence-corrected chi connectivity index (χ2v) is 4.82. The third-order valence-electron chi connectivity index (χ3n) is 2.80. The second-order valence-electron chi connectivity index (χ2n) is 4.82. The monoisotopic (exact) mass is 196 g/mol. The van der Waals surface area contributed by atoms with E-state index in [2.05, 4.69) is 13.8 Å². The van der Waals surface area contributed by atoms with Crippen molar-refractivity contribution in [3.05, 3.63) is 11.8 Å². The highest BCUT2D eigenvalue weighted by Crippen LogP contribution is 2.29. The number of nitrogens with zero attached hydrogens (tertiary/aromatic N) is 1. The van der Waals surface area contributed by atoms with Gasteiger partial charge in [0, 0.05) is 19.2 Å². The molecule has 1 saturated heterocycles. The number of hydrogen-bond donors (Lipinski definition) is 2. The fourth-order valence-corrected chi connectivity index (χ4v) is 1.64. The first-order valence-electron chi connectivity index (χ1n) is 5.11. The number of aliphatic hydroxyl groups is 1. The number of nitrogens with one attached hydrogen (secondary N) is 1. The van der Waals surface area contributed by atoms with E-state index in [1.807, 2.05) is 4.90 Å². The lowest BCUT2D eigenvalue weighted by Gasteiger charge is -2.37. The number of amidine groups is 1. The summed E-state index contributed by atoms with van der Waals surface area (Å²) in [6.07, 6.45) is 3.75. The van der Waals surface area contributed by atoms with Gasteiger partial charge in [0.2, 0.25) is 0 Å². The summed E-state index contributed by atoms with van der Waals surface area (Å²) in [5, 5.41) is 16.8. The van der Waals surface area contributed by atoms with Crippen LogP contribution in [0.2, 0.25) is 0 Å². The Bertz CT molecular complexity index is 242. The molecule has 0 spiro atoms. The highest BCUT2D eigenvalue weighted by atomic mass is 16.3. The van der Waals surface area contributed by atoms with Crippen LogP contribution in [0.5, 0.6) is 0 Å². The fraction of sp³-hybridized carbons (Fsp3) is 0.727. The van der Waals surface area contributed by atoms with Crippen molar-refractivity contribution in [3.63, 3.8) is 0 Å². The fourth-order valence-electron chi connectivity index (χ4n) is 1.64. The van der Waals surface area contributed by atoms with Gasteiger partial charge in [-0.25, -0.2) is 0 Å². The van der Waals surface area contributed by atoms with Crippen LogP contribution in [0.4, 0.5) is 0 Å². The van der Waals surface area contributed by atoms with E-state index in [4.69, 9.17) is 10.5 Å². The average molecular weight is 196 g/mol. The minimum absolute atomic E-state index is 0.208. The van der Waals surface area contributed by atoms with E-state index in [0.717, 1.165) is 25.9 Å². The molecule has 1 heterocycles. The quantitative estimate of drug-likeness (QED) is 0.384. The van der Waals surface area contributed by atoms with Gasteiger partial charge in [0.25, 0.3) is 0 Å². The van der Waals surface area contributed by atoms with Crippen LogP contribution in [0.25, 0.3) is 0 Å². The second kappa shape index (κ2) is 4.03. The number of rotatable bonds is 1. The molecule has 0 bridgehead atoms. The number of hydrogen-bond acceptors (Lipinski definition) is 2. The molecule has 0 aromatic carbocycles. The number of likely N-dealkylation sites (tertiary alicyclic amines) is 1. The molecule has 0 aliphatic carbocycles. The molecule has 3 nitrogen and oxygen atoms in total. The van der Waals surface area contributed by atoms with E-state index in [1.165, 1.54) is 6.08 Å². The first-order chi connectivity index (χ1) is 6.41. The summed E-state index contributed by atoms with van der Waals surface area (Å²) in [6, 6.07) is 0. The van der Waals surface area contributed by atoms with Crippen molar-refractivity contribution in [2.45, 2.75) is 33.6 Å². The Kier molecular flexibility index (Phi) is 3.19. The van der Waals surface area contributed by atoms with E-state index in [0.29, 0.717) is 11.3 Å². The predicted molar refractivity (Wildman–Crippen MR) is 58.7 cm³/mol. The van der Waals surface area contributed by atoms with Gasteiger partial charge in [0.15, 0.2) is 0 Å². The normalized spacial score (nSPS) is 22.2. The summed E-state index contributed by atoms with van der Waals surface area (Å²) in [6.45, 7) is 7.98. The van der Waals surface area contributed by atoms with Gasteiger partial charge < -0.3 is 10.0 Å². The minimum atomic E-state index is 0.208. The number of allylic oxidation sites excluding steroid dienone is 1. The standard InChI is InChI=1S/C11H20N2O/c1-9(14)8-10(12)13-6-4-11(2,3)5-7-13/h8,12,14H,4-7H2,1-3H3/b9-8+,12-10?. The zero-order valence-corrected chi connectivity index (χ0v) is 9.30. The van der Waals surface area contributed by atoms with Crippen LogP contribution < -0.4 is 0 Å². The molecule has 14 heavy (non-hydrogen) atoms. The summed E-state index contributed by atoms with van der Waals surface area (Å²) in [5.74, 6) is 0.639. The van der Waals surface area contributed by atoms with Gasteiger partial charge in [0.05, 0.1) is 5.76 Å². The molecule has 1 rings (SSSR count). The molecule has 1 aliphatic rings. The molecule has 0 amide bonds. The Morgan fingerprint density at radius 3 is 2.29 bits per heavy atom. The summed E-state index contributed by atoms with van der Waals surface area (Å²) >= 11 is 0. The minimum Gasteiger partial charge on any atom is -0.512 e. The lowest BCUT2D eigenvalue weighted by molar-refractivity contribution is 0.188. The van der Waals surface area contributed by atoms with Crippen molar-refractivity contribution in [3.8, 4) is 0 Å². The summed E-state index contributed by atoms with van der Waals surface area (Å²) in [5.41, 5.74) is 0.411. The molecular weight excluding hydrogens is 176 g/mol. The zero-order chi connectivity index (χ0) is 10.8. The Morgan fingerprint density at radius 2 is 1.86 bits per heavy atom. The molecule has 3 heteroatoms. The van der Waals surface area contributed by atoms with Crippen molar-refractivity contribution in [2.24, 2.45) is 5.41 Å². The van der Waals surface area contributed by atoms with Gasteiger partial charge in [-0.15, -0.1) is 0 Å². The van der Waals surface area contributed by atoms with E-state index in [-0.39, 0.29) is 5.76 Å². The van der Waals surface area contributed by atoms with E-state index >= 15 is 0 Å². The van der Waals surface area contributed by atoms with Crippen LogP contribution in [0.15, 0.2) is 11.8 Å². The Hall–Kier alpha value is -0.990. The smallest absolute Gasteiger partial charge is 0.123 e. The molecule has 80 valence electrons. The van der Waals surface area contributed by atoms with Gasteiger partial charge >= 0.3 is 0 Å². The lowest BCUT2D eigenvalue weighted by Crippen LogP contribution is -2.40. The van der Waals surface area contributed by atoms with E-state index in [1.54, 1.807) is 6.92 Å². The summed E-state index contributed by atoms with van der Waals surface area (Å²) < 4.78 is 0. The zero-order valence-electron chi connectivity index (χ0n) is 9.30.